The Labute approximate surface area is 120 Å². The minimum atomic E-state index is -0.0647. The number of amides is 2. The van der Waals surface area contributed by atoms with Gasteiger partial charge in [0.15, 0.2) is 0 Å². The number of benzene rings is 1. The van der Waals surface area contributed by atoms with Gasteiger partial charge in [0, 0.05) is 24.8 Å². The molecule has 0 bridgehead atoms. The molecule has 1 aromatic rings. The molecule has 1 saturated heterocycles. The van der Waals surface area contributed by atoms with E-state index in [9.17, 15) is 4.79 Å². The molecule has 1 heterocycles. The molecular weight excluding hydrogens is 254 g/mol. The van der Waals surface area contributed by atoms with Crippen LogP contribution < -0.4 is 15.4 Å². The minimum Gasteiger partial charge on any atom is -0.497 e. The molecular formula is C15H23N3O2. The number of urea groups is 1. The van der Waals surface area contributed by atoms with Crippen LogP contribution in [-0.4, -0.2) is 44.2 Å². The van der Waals surface area contributed by atoms with Gasteiger partial charge in [-0.25, -0.2) is 4.79 Å². The third kappa shape index (κ3) is 3.87. The fraction of sp³-hybridized carbons (Fsp3) is 0.533. The van der Waals surface area contributed by atoms with E-state index in [1.54, 1.807) is 7.11 Å². The van der Waals surface area contributed by atoms with Crippen LogP contribution >= 0.6 is 0 Å². The van der Waals surface area contributed by atoms with E-state index in [4.69, 9.17) is 4.74 Å². The number of methoxy groups -OCH3 is 1. The molecule has 2 amide bonds. The van der Waals surface area contributed by atoms with Crippen LogP contribution in [0, 0.1) is 0 Å². The second-order valence-electron chi connectivity index (χ2n) is 5.11. The molecule has 1 aromatic carbocycles. The largest absolute Gasteiger partial charge is 0.497 e. The lowest BCUT2D eigenvalue weighted by Gasteiger charge is -2.27. The molecule has 0 saturated carbocycles. The number of nitrogens with zero attached hydrogens (tertiary/aromatic N) is 1. The summed E-state index contributed by atoms with van der Waals surface area (Å²) in [7, 11) is 3.48. The van der Waals surface area contributed by atoms with E-state index in [2.05, 4.69) is 10.6 Å². The summed E-state index contributed by atoms with van der Waals surface area (Å²) in [5, 5.41) is 6.28. The highest BCUT2D eigenvalue weighted by molar-refractivity contribution is 5.89. The number of carbonyl (C=O) groups is 1. The van der Waals surface area contributed by atoms with Gasteiger partial charge < -0.3 is 20.3 Å². The van der Waals surface area contributed by atoms with Crippen molar-refractivity contribution in [3.63, 3.8) is 0 Å². The summed E-state index contributed by atoms with van der Waals surface area (Å²) < 4.78 is 5.16. The highest BCUT2D eigenvalue weighted by Crippen LogP contribution is 2.18. The van der Waals surface area contributed by atoms with E-state index in [0.717, 1.165) is 43.8 Å². The molecule has 1 unspecified atom stereocenters. The van der Waals surface area contributed by atoms with Crippen molar-refractivity contribution in [3.8, 4) is 5.75 Å². The van der Waals surface area contributed by atoms with Crippen LogP contribution in [0.2, 0.25) is 0 Å². The van der Waals surface area contributed by atoms with Crippen molar-refractivity contribution in [3.05, 3.63) is 24.3 Å². The molecule has 1 fully saturated rings. The number of ether oxygens (including phenoxy) is 1. The Kier molecular flexibility index (Phi) is 5.24. The number of carbonyl (C=O) groups excluding carboxylic acids is 1. The van der Waals surface area contributed by atoms with Gasteiger partial charge in [-0.2, -0.15) is 0 Å². The molecule has 2 N–H and O–H groups in total. The standard InChI is InChI=1S/C15H23N3O2/c1-18(13-6-4-9-16-10-8-13)15(19)17-12-5-3-7-14(11-12)20-2/h3,5,7,11,13,16H,4,6,8-10H2,1-2H3,(H,17,19). The van der Waals surface area contributed by atoms with Gasteiger partial charge in [-0.15, -0.1) is 0 Å². The molecule has 1 aliphatic rings. The fourth-order valence-corrected chi connectivity index (χ4v) is 2.47. The first-order valence-electron chi connectivity index (χ1n) is 7.09. The lowest BCUT2D eigenvalue weighted by atomic mass is 10.1. The van der Waals surface area contributed by atoms with E-state index >= 15 is 0 Å². The summed E-state index contributed by atoms with van der Waals surface area (Å²) in [6.07, 6.45) is 3.17. The summed E-state index contributed by atoms with van der Waals surface area (Å²) in [4.78, 5) is 14.1. The van der Waals surface area contributed by atoms with Gasteiger partial charge in [-0.3, -0.25) is 0 Å². The van der Waals surface area contributed by atoms with E-state index in [1.807, 2.05) is 36.2 Å². The Bertz CT molecular complexity index is 442. The molecule has 5 nitrogen and oxygen atoms in total. The maximum Gasteiger partial charge on any atom is 0.321 e. The molecule has 0 spiro atoms. The highest BCUT2D eigenvalue weighted by Gasteiger charge is 2.21. The normalized spacial score (nSPS) is 19.0. The van der Waals surface area contributed by atoms with Crippen LogP contribution in [-0.2, 0) is 0 Å². The second kappa shape index (κ2) is 7.14. The molecule has 0 aromatic heterocycles. The van der Waals surface area contributed by atoms with Gasteiger partial charge in [-0.05, 0) is 44.5 Å². The van der Waals surface area contributed by atoms with Crippen molar-refractivity contribution >= 4 is 11.7 Å². The molecule has 5 heteroatoms. The monoisotopic (exact) mass is 277 g/mol. The van der Waals surface area contributed by atoms with Gasteiger partial charge in [-0.1, -0.05) is 6.07 Å². The smallest absolute Gasteiger partial charge is 0.321 e. The number of rotatable bonds is 3. The van der Waals surface area contributed by atoms with Crippen molar-refractivity contribution in [2.24, 2.45) is 0 Å². The average Bonchev–Trinajstić information content (AvgIpc) is 2.75. The molecule has 20 heavy (non-hydrogen) atoms. The highest BCUT2D eigenvalue weighted by atomic mass is 16.5. The number of hydrogen-bond acceptors (Lipinski definition) is 3. The first-order valence-corrected chi connectivity index (χ1v) is 7.09. The molecule has 2 rings (SSSR count). The topological polar surface area (TPSA) is 53.6 Å². The van der Waals surface area contributed by atoms with Crippen molar-refractivity contribution in [2.45, 2.75) is 25.3 Å². The van der Waals surface area contributed by atoms with Crippen molar-refractivity contribution < 1.29 is 9.53 Å². The zero-order chi connectivity index (χ0) is 14.4. The number of anilines is 1. The molecule has 110 valence electrons. The van der Waals surface area contributed by atoms with Gasteiger partial charge in [0.25, 0.3) is 0 Å². The Morgan fingerprint density at radius 1 is 1.40 bits per heavy atom. The summed E-state index contributed by atoms with van der Waals surface area (Å²) in [5.74, 6) is 0.740. The van der Waals surface area contributed by atoms with Crippen LogP contribution in [0.15, 0.2) is 24.3 Å². The SMILES string of the molecule is COc1cccc(NC(=O)N(C)C2CCCNCC2)c1. The lowest BCUT2D eigenvalue weighted by molar-refractivity contribution is 0.198. The second-order valence-corrected chi connectivity index (χ2v) is 5.11. The quantitative estimate of drug-likeness (QED) is 0.891. The van der Waals surface area contributed by atoms with E-state index in [0.29, 0.717) is 6.04 Å². The third-order valence-corrected chi connectivity index (χ3v) is 3.73. The van der Waals surface area contributed by atoms with E-state index in [1.165, 1.54) is 0 Å². The van der Waals surface area contributed by atoms with Gasteiger partial charge in [0.2, 0.25) is 0 Å². The van der Waals surface area contributed by atoms with Crippen molar-refractivity contribution in [2.75, 3.05) is 32.6 Å². The molecule has 1 aliphatic heterocycles. The zero-order valence-corrected chi connectivity index (χ0v) is 12.2. The molecule has 0 aliphatic carbocycles. The summed E-state index contributed by atoms with van der Waals surface area (Å²) in [5.41, 5.74) is 0.757. The molecule has 1 atom stereocenters. The zero-order valence-electron chi connectivity index (χ0n) is 12.2. The van der Waals surface area contributed by atoms with Crippen LogP contribution in [0.25, 0.3) is 0 Å². The van der Waals surface area contributed by atoms with Crippen LogP contribution in [0.3, 0.4) is 0 Å². The van der Waals surface area contributed by atoms with Crippen molar-refractivity contribution in [1.82, 2.24) is 10.2 Å². The number of hydrogen-bond donors (Lipinski definition) is 2. The predicted molar refractivity (Wildman–Crippen MR) is 80.3 cm³/mol. The lowest BCUT2D eigenvalue weighted by Crippen LogP contribution is -2.40. The van der Waals surface area contributed by atoms with Gasteiger partial charge >= 0.3 is 6.03 Å². The summed E-state index contributed by atoms with van der Waals surface area (Å²) >= 11 is 0. The maximum absolute atomic E-state index is 12.3. The summed E-state index contributed by atoms with van der Waals surface area (Å²) in [6.45, 7) is 2.02. The van der Waals surface area contributed by atoms with E-state index in [-0.39, 0.29) is 6.03 Å². The van der Waals surface area contributed by atoms with Crippen LogP contribution in [0.4, 0.5) is 10.5 Å². The first-order chi connectivity index (χ1) is 9.70. The first kappa shape index (κ1) is 14.7. The Balaban J connectivity index is 1.95. The fourth-order valence-electron chi connectivity index (χ4n) is 2.47. The number of nitrogens with one attached hydrogen (secondary N) is 2. The average molecular weight is 277 g/mol. The van der Waals surface area contributed by atoms with E-state index < -0.39 is 0 Å². The Hall–Kier alpha value is -1.75. The Morgan fingerprint density at radius 2 is 2.25 bits per heavy atom. The van der Waals surface area contributed by atoms with Gasteiger partial charge in [0.1, 0.15) is 5.75 Å². The third-order valence-electron chi connectivity index (χ3n) is 3.73. The summed E-state index contributed by atoms with van der Waals surface area (Å²) in [6, 6.07) is 7.64. The predicted octanol–water partition coefficient (Wildman–Crippen LogP) is 2.30. The van der Waals surface area contributed by atoms with Crippen molar-refractivity contribution in [1.29, 1.82) is 0 Å². The van der Waals surface area contributed by atoms with Gasteiger partial charge in [0.05, 0.1) is 7.11 Å². The maximum atomic E-state index is 12.3. The Morgan fingerprint density at radius 3 is 3.05 bits per heavy atom. The molecule has 0 radical (unpaired) electrons. The van der Waals surface area contributed by atoms with Crippen LogP contribution in [0.1, 0.15) is 19.3 Å². The minimum absolute atomic E-state index is 0.0647. The van der Waals surface area contributed by atoms with Crippen LogP contribution in [0.5, 0.6) is 5.75 Å².